The van der Waals surface area contributed by atoms with E-state index in [0.29, 0.717) is 29.1 Å². The van der Waals surface area contributed by atoms with E-state index < -0.39 is 42.0 Å². The van der Waals surface area contributed by atoms with Crippen molar-refractivity contribution in [3.63, 3.8) is 0 Å². The van der Waals surface area contributed by atoms with Crippen LogP contribution in [0, 0.1) is 6.92 Å². The lowest BCUT2D eigenvalue weighted by Gasteiger charge is -2.23. The van der Waals surface area contributed by atoms with E-state index in [0.717, 1.165) is 10.5 Å². The highest BCUT2D eigenvalue weighted by molar-refractivity contribution is 6.31. The molecule has 9 heteroatoms. The van der Waals surface area contributed by atoms with Crippen molar-refractivity contribution in [2.45, 2.75) is 45.3 Å². The molecule has 0 radical (unpaired) electrons. The van der Waals surface area contributed by atoms with Gasteiger partial charge in [-0.2, -0.15) is 0 Å². The van der Waals surface area contributed by atoms with Crippen molar-refractivity contribution in [3.05, 3.63) is 64.7 Å². The smallest absolute Gasteiger partial charge is 0.327 e. The minimum absolute atomic E-state index is 0.397. The Labute approximate surface area is 197 Å². The molecule has 1 aliphatic heterocycles. The molecule has 2 N–H and O–H groups in total. The molecule has 0 saturated carbocycles. The molecule has 4 amide bonds. The van der Waals surface area contributed by atoms with Crippen molar-refractivity contribution in [1.82, 2.24) is 10.2 Å². The maximum Gasteiger partial charge on any atom is 0.327 e. The van der Waals surface area contributed by atoms with Gasteiger partial charge in [-0.25, -0.2) is 4.79 Å². The van der Waals surface area contributed by atoms with Crippen molar-refractivity contribution in [2.75, 3.05) is 11.9 Å². The molecule has 1 fully saturated rings. The summed E-state index contributed by atoms with van der Waals surface area (Å²) in [5.74, 6) is -1.96. The highest BCUT2D eigenvalue weighted by Gasteiger charge is 2.49. The minimum atomic E-state index is -1.29. The SMILES string of the molecule is CCC1(CC)NC(=O)N(CC(=O)OC(C(=O)Nc2ccc(C)c(Cl)c2)c2ccccc2)C1=O. The van der Waals surface area contributed by atoms with E-state index in [1.54, 1.807) is 62.4 Å². The predicted molar refractivity (Wildman–Crippen MR) is 124 cm³/mol. The van der Waals surface area contributed by atoms with E-state index in [1.807, 2.05) is 6.92 Å². The monoisotopic (exact) mass is 471 g/mol. The summed E-state index contributed by atoms with van der Waals surface area (Å²) >= 11 is 6.14. The summed E-state index contributed by atoms with van der Waals surface area (Å²) in [5.41, 5.74) is 0.704. The van der Waals surface area contributed by atoms with Gasteiger partial charge in [-0.15, -0.1) is 0 Å². The van der Waals surface area contributed by atoms with Crippen LogP contribution in [0.5, 0.6) is 0 Å². The van der Waals surface area contributed by atoms with Crippen LogP contribution >= 0.6 is 11.6 Å². The first kappa shape index (κ1) is 24.3. The first-order valence-corrected chi connectivity index (χ1v) is 11.0. The van der Waals surface area contributed by atoms with Crippen LogP contribution in [0.15, 0.2) is 48.5 Å². The second-order valence-electron chi connectivity index (χ2n) is 7.84. The molecule has 0 spiro atoms. The number of aryl methyl sites for hydroxylation is 1. The summed E-state index contributed by atoms with van der Waals surface area (Å²) in [4.78, 5) is 51.7. The number of nitrogens with zero attached hydrogens (tertiary/aromatic N) is 1. The second kappa shape index (κ2) is 10.0. The molecule has 33 heavy (non-hydrogen) atoms. The molecule has 0 bridgehead atoms. The van der Waals surface area contributed by atoms with Crippen molar-refractivity contribution in [2.24, 2.45) is 0 Å². The number of anilines is 1. The molecule has 174 valence electrons. The summed E-state index contributed by atoms with van der Waals surface area (Å²) in [6, 6.07) is 12.9. The third kappa shape index (κ3) is 5.17. The Bertz CT molecular complexity index is 1070. The number of nitrogens with one attached hydrogen (secondary N) is 2. The third-order valence-electron chi connectivity index (χ3n) is 5.77. The number of hydrogen-bond acceptors (Lipinski definition) is 5. The minimum Gasteiger partial charge on any atom is -0.446 e. The summed E-state index contributed by atoms with van der Waals surface area (Å²) in [5, 5.41) is 5.84. The van der Waals surface area contributed by atoms with Gasteiger partial charge in [-0.3, -0.25) is 19.3 Å². The predicted octanol–water partition coefficient (Wildman–Crippen LogP) is 3.98. The first-order chi connectivity index (χ1) is 15.7. The number of esters is 1. The highest BCUT2D eigenvalue weighted by atomic mass is 35.5. The lowest BCUT2D eigenvalue weighted by Crippen LogP contribution is -2.46. The van der Waals surface area contributed by atoms with Gasteiger partial charge in [0, 0.05) is 16.3 Å². The number of halogens is 1. The standard InChI is InChI=1S/C24H26ClN3O5/c1-4-24(5-2)22(31)28(23(32)27-24)14-19(29)33-20(16-9-7-6-8-10-16)21(30)26-17-12-11-15(3)18(25)13-17/h6-13,20H,4-5,14H2,1-3H3,(H,26,30)(H,27,32). The summed E-state index contributed by atoms with van der Waals surface area (Å²) in [6.07, 6.45) is -0.497. The lowest BCUT2D eigenvalue weighted by molar-refractivity contribution is -0.156. The molecular weight excluding hydrogens is 446 g/mol. The van der Waals surface area contributed by atoms with Gasteiger partial charge in [-0.1, -0.05) is 61.8 Å². The molecule has 1 aliphatic rings. The van der Waals surface area contributed by atoms with E-state index in [1.165, 1.54) is 0 Å². The Morgan fingerprint density at radius 2 is 1.79 bits per heavy atom. The van der Waals surface area contributed by atoms with E-state index in [-0.39, 0.29) is 0 Å². The number of benzene rings is 2. The number of hydrogen-bond donors (Lipinski definition) is 2. The number of imide groups is 1. The molecule has 1 unspecified atom stereocenters. The fourth-order valence-corrected chi connectivity index (χ4v) is 3.81. The molecule has 2 aromatic carbocycles. The topological polar surface area (TPSA) is 105 Å². The molecule has 2 aromatic rings. The third-order valence-corrected chi connectivity index (χ3v) is 6.18. The van der Waals surface area contributed by atoms with Gasteiger partial charge < -0.3 is 15.4 Å². The number of amides is 4. The number of urea groups is 1. The average molecular weight is 472 g/mol. The van der Waals surface area contributed by atoms with E-state index in [4.69, 9.17) is 16.3 Å². The lowest BCUT2D eigenvalue weighted by atomic mass is 9.93. The van der Waals surface area contributed by atoms with Crippen LogP contribution in [-0.2, 0) is 19.1 Å². The van der Waals surface area contributed by atoms with Gasteiger partial charge in [0.15, 0.2) is 0 Å². The van der Waals surface area contributed by atoms with Crippen LogP contribution < -0.4 is 10.6 Å². The zero-order valence-corrected chi connectivity index (χ0v) is 19.4. The molecule has 0 aliphatic carbocycles. The summed E-state index contributed by atoms with van der Waals surface area (Å²) < 4.78 is 5.46. The van der Waals surface area contributed by atoms with Crippen LogP contribution in [0.3, 0.4) is 0 Å². The molecule has 3 rings (SSSR count). The van der Waals surface area contributed by atoms with E-state index in [2.05, 4.69) is 10.6 Å². The van der Waals surface area contributed by atoms with Crippen LogP contribution in [0.1, 0.15) is 43.9 Å². The van der Waals surface area contributed by atoms with E-state index >= 15 is 0 Å². The number of carbonyl (C=O) groups excluding carboxylic acids is 4. The van der Waals surface area contributed by atoms with Crippen LogP contribution in [0.4, 0.5) is 10.5 Å². The second-order valence-corrected chi connectivity index (χ2v) is 8.25. The first-order valence-electron chi connectivity index (χ1n) is 10.7. The maximum absolute atomic E-state index is 13.0. The van der Waals surface area contributed by atoms with Crippen molar-refractivity contribution in [1.29, 1.82) is 0 Å². The van der Waals surface area contributed by atoms with E-state index in [9.17, 15) is 19.2 Å². The molecule has 1 atom stereocenters. The Balaban J connectivity index is 1.77. The fraction of sp³-hybridized carbons (Fsp3) is 0.333. The number of ether oxygens (including phenoxy) is 1. The van der Waals surface area contributed by atoms with Crippen molar-refractivity contribution >= 4 is 41.1 Å². The molecule has 1 heterocycles. The molecule has 0 aromatic heterocycles. The average Bonchev–Trinajstić information content (AvgIpc) is 3.05. The highest BCUT2D eigenvalue weighted by Crippen LogP contribution is 2.26. The molecule has 1 saturated heterocycles. The number of carbonyl (C=O) groups is 4. The largest absolute Gasteiger partial charge is 0.446 e. The fourth-order valence-electron chi connectivity index (χ4n) is 3.63. The summed E-state index contributed by atoms with van der Waals surface area (Å²) in [7, 11) is 0. The van der Waals surface area contributed by atoms with Crippen molar-refractivity contribution < 1.29 is 23.9 Å². The van der Waals surface area contributed by atoms with Gasteiger partial charge in [0.1, 0.15) is 12.1 Å². The van der Waals surface area contributed by atoms with Crippen LogP contribution in [-0.4, -0.2) is 40.8 Å². The number of rotatable bonds is 8. The summed E-state index contributed by atoms with van der Waals surface area (Å²) in [6.45, 7) is 4.82. The Kier molecular flexibility index (Phi) is 7.38. The Morgan fingerprint density at radius 3 is 2.36 bits per heavy atom. The molecular formula is C24H26ClN3O5. The van der Waals surface area contributed by atoms with Gasteiger partial charge in [0.05, 0.1) is 0 Å². The Morgan fingerprint density at radius 1 is 1.12 bits per heavy atom. The maximum atomic E-state index is 13.0. The quantitative estimate of drug-likeness (QED) is 0.447. The van der Waals surface area contributed by atoms with Gasteiger partial charge in [0.2, 0.25) is 6.10 Å². The normalized spacial score (nSPS) is 15.7. The van der Waals surface area contributed by atoms with Crippen LogP contribution in [0.2, 0.25) is 5.02 Å². The van der Waals surface area contributed by atoms with Gasteiger partial charge in [0.25, 0.3) is 11.8 Å². The zero-order valence-electron chi connectivity index (χ0n) is 18.7. The Hall–Kier alpha value is -3.39. The molecule has 8 nitrogen and oxygen atoms in total. The zero-order chi connectivity index (χ0) is 24.2. The van der Waals surface area contributed by atoms with Crippen LogP contribution in [0.25, 0.3) is 0 Å². The van der Waals surface area contributed by atoms with Gasteiger partial charge >= 0.3 is 12.0 Å². The van der Waals surface area contributed by atoms with Crippen molar-refractivity contribution in [3.8, 4) is 0 Å². The van der Waals surface area contributed by atoms with Gasteiger partial charge in [-0.05, 0) is 37.5 Å².